The zero-order valence-electron chi connectivity index (χ0n) is 24.8. The van der Waals surface area contributed by atoms with Crippen LogP contribution in [0.4, 0.5) is 5.95 Å². The van der Waals surface area contributed by atoms with Gasteiger partial charge in [-0.15, -0.1) is 11.3 Å². The zero-order valence-corrected chi connectivity index (χ0v) is 25.6. The van der Waals surface area contributed by atoms with Gasteiger partial charge in [-0.3, -0.25) is 14.4 Å². The van der Waals surface area contributed by atoms with Crippen molar-refractivity contribution in [2.45, 2.75) is 59.8 Å². The standard InChI is InChI=1S/C30H37N5O7S/c1-17(2)28(39)41-20(5)42-29(40)23(16-32-26(37)24-12-8-14-43-24)35-27(38)25-18(3)33-30(34-19(25)4)31-13-7-10-21-9-6-11-22(36)15-21/h6,8-9,11-12,14-15,17,20,23,36H,7,10,13,16H2,1-5H3,(H,32,37)(H,35,38)(H,31,33,34). The fourth-order valence-corrected chi connectivity index (χ4v) is 4.65. The van der Waals surface area contributed by atoms with Crippen LogP contribution in [0.1, 0.15) is 64.2 Å². The largest absolute Gasteiger partial charge is 0.508 e. The minimum absolute atomic E-state index is 0.173. The number of ether oxygens (including phenoxy) is 2. The number of thiophene rings is 1. The number of benzene rings is 1. The van der Waals surface area contributed by atoms with Crippen LogP contribution in [0.2, 0.25) is 0 Å². The predicted molar refractivity (Wildman–Crippen MR) is 161 cm³/mol. The highest BCUT2D eigenvalue weighted by Gasteiger charge is 2.28. The Balaban J connectivity index is 1.66. The molecule has 0 saturated carbocycles. The molecule has 4 N–H and O–H groups in total. The molecule has 0 radical (unpaired) electrons. The van der Waals surface area contributed by atoms with Crippen molar-refractivity contribution in [3.63, 3.8) is 0 Å². The van der Waals surface area contributed by atoms with E-state index in [0.717, 1.165) is 18.4 Å². The van der Waals surface area contributed by atoms with Crippen molar-refractivity contribution >= 4 is 41.0 Å². The van der Waals surface area contributed by atoms with Gasteiger partial charge in [0.05, 0.1) is 27.7 Å². The van der Waals surface area contributed by atoms with E-state index in [4.69, 9.17) is 9.47 Å². The maximum atomic E-state index is 13.3. The summed E-state index contributed by atoms with van der Waals surface area (Å²) in [6, 6.07) is 9.12. The number of nitrogens with one attached hydrogen (secondary N) is 3. The van der Waals surface area contributed by atoms with Gasteiger partial charge in [-0.1, -0.05) is 32.0 Å². The molecule has 13 heteroatoms. The number of carbonyl (C=O) groups excluding carboxylic acids is 4. The number of aromatic nitrogens is 2. The fourth-order valence-electron chi connectivity index (χ4n) is 4.01. The van der Waals surface area contributed by atoms with E-state index in [1.165, 1.54) is 18.3 Å². The lowest BCUT2D eigenvalue weighted by Crippen LogP contribution is -2.50. The highest BCUT2D eigenvalue weighted by Crippen LogP contribution is 2.15. The first-order valence-corrected chi connectivity index (χ1v) is 14.7. The molecule has 3 rings (SSSR count). The molecular formula is C30H37N5O7S. The average molecular weight is 612 g/mol. The molecule has 0 bridgehead atoms. The molecule has 2 aromatic heterocycles. The van der Waals surface area contributed by atoms with E-state index in [0.29, 0.717) is 28.8 Å². The second-order valence-corrected chi connectivity index (χ2v) is 11.1. The summed E-state index contributed by atoms with van der Waals surface area (Å²) >= 11 is 1.23. The Bertz CT molecular complexity index is 1410. The first kappa shape index (κ1) is 33.0. The number of hydrogen-bond acceptors (Lipinski definition) is 11. The molecule has 0 aliphatic carbocycles. The molecule has 43 heavy (non-hydrogen) atoms. The highest BCUT2D eigenvalue weighted by atomic mass is 32.1. The molecule has 2 amide bonds. The number of hydrogen-bond donors (Lipinski definition) is 4. The third-order valence-electron chi connectivity index (χ3n) is 6.17. The maximum absolute atomic E-state index is 13.3. The minimum atomic E-state index is -1.30. The van der Waals surface area contributed by atoms with Crippen LogP contribution >= 0.6 is 11.3 Å². The third kappa shape index (κ3) is 10.1. The van der Waals surface area contributed by atoms with Gasteiger partial charge in [0, 0.05) is 20.0 Å². The quantitative estimate of drug-likeness (QED) is 0.120. The molecule has 2 unspecified atom stereocenters. The summed E-state index contributed by atoms with van der Waals surface area (Å²) in [6.45, 7) is 8.28. The summed E-state index contributed by atoms with van der Waals surface area (Å²) in [5.74, 6) is -2.36. The number of phenols is 1. The van der Waals surface area contributed by atoms with Gasteiger partial charge < -0.3 is 30.5 Å². The normalized spacial score (nSPS) is 12.2. The SMILES string of the molecule is Cc1nc(NCCCc2cccc(O)c2)nc(C)c1C(=O)NC(CNC(=O)c1cccs1)C(=O)OC(C)OC(=O)C(C)C. The van der Waals surface area contributed by atoms with Gasteiger partial charge in [-0.25, -0.2) is 14.8 Å². The average Bonchev–Trinajstić information content (AvgIpc) is 3.48. The maximum Gasteiger partial charge on any atom is 0.333 e. The van der Waals surface area contributed by atoms with Gasteiger partial charge in [0.2, 0.25) is 12.2 Å². The van der Waals surface area contributed by atoms with E-state index in [1.54, 1.807) is 63.4 Å². The highest BCUT2D eigenvalue weighted by molar-refractivity contribution is 7.12. The molecule has 0 spiro atoms. The number of rotatable bonds is 14. The molecule has 2 heterocycles. The fraction of sp³-hybridized carbons (Fsp3) is 0.400. The summed E-state index contributed by atoms with van der Waals surface area (Å²) < 4.78 is 10.4. The Morgan fingerprint density at radius 3 is 2.28 bits per heavy atom. The van der Waals surface area contributed by atoms with Gasteiger partial charge in [-0.2, -0.15) is 0 Å². The number of aryl methyl sites for hydroxylation is 3. The third-order valence-corrected chi connectivity index (χ3v) is 7.04. The summed E-state index contributed by atoms with van der Waals surface area (Å²) in [5, 5.41) is 19.7. The molecule has 0 fully saturated rings. The second kappa shape index (κ2) is 15.6. The van der Waals surface area contributed by atoms with E-state index in [9.17, 15) is 24.3 Å². The summed E-state index contributed by atoms with van der Waals surface area (Å²) in [7, 11) is 0. The monoisotopic (exact) mass is 611 g/mol. The van der Waals surface area contributed by atoms with Crippen molar-refractivity contribution in [1.82, 2.24) is 20.6 Å². The summed E-state index contributed by atoms with van der Waals surface area (Å²) in [5.41, 5.74) is 1.95. The summed E-state index contributed by atoms with van der Waals surface area (Å²) in [4.78, 5) is 60.0. The zero-order chi connectivity index (χ0) is 31.5. The van der Waals surface area contributed by atoms with Crippen molar-refractivity contribution in [2.75, 3.05) is 18.4 Å². The molecule has 0 aliphatic rings. The molecule has 3 aromatic rings. The molecule has 0 saturated heterocycles. The van der Waals surface area contributed by atoms with Crippen molar-refractivity contribution in [1.29, 1.82) is 0 Å². The van der Waals surface area contributed by atoms with Crippen LogP contribution in [-0.4, -0.2) is 64.2 Å². The van der Waals surface area contributed by atoms with Crippen molar-refractivity contribution < 1.29 is 33.8 Å². The molecule has 12 nitrogen and oxygen atoms in total. The minimum Gasteiger partial charge on any atom is -0.508 e. The first-order chi connectivity index (χ1) is 20.4. The van der Waals surface area contributed by atoms with Crippen LogP contribution < -0.4 is 16.0 Å². The number of aromatic hydroxyl groups is 1. The predicted octanol–water partition coefficient (Wildman–Crippen LogP) is 3.52. The Hall–Kier alpha value is -4.52. The first-order valence-electron chi connectivity index (χ1n) is 13.8. The molecule has 230 valence electrons. The topological polar surface area (TPSA) is 169 Å². The van der Waals surface area contributed by atoms with E-state index >= 15 is 0 Å². The van der Waals surface area contributed by atoms with Crippen LogP contribution in [0.5, 0.6) is 5.75 Å². The molecule has 2 atom stereocenters. The van der Waals surface area contributed by atoms with Gasteiger partial charge in [-0.05, 0) is 55.8 Å². The van der Waals surface area contributed by atoms with Crippen LogP contribution in [0.15, 0.2) is 41.8 Å². The lowest BCUT2D eigenvalue weighted by Gasteiger charge is -2.22. The van der Waals surface area contributed by atoms with Gasteiger partial charge in [0.15, 0.2) is 0 Å². The number of carbonyl (C=O) groups is 4. The van der Waals surface area contributed by atoms with Gasteiger partial charge in [0.1, 0.15) is 11.8 Å². The van der Waals surface area contributed by atoms with Crippen molar-refractivity contribution in [3.8, 4) is 5.75 Å². The Kier molecular flexibility index (Phi) is 12.0. The molecule has 0 aliphatic heterocycles. The van der Waals surface area contributed by atoms with E-state index in [-0.39, 0.29) is 17.9 Å². The molecule has 1 aromatic carbocycles. The Labute approximate surface area is 254 Å². The number of anilines is 1. The Morgan fingerprint density at radius 2 is 1.65 bits per heavy atom. The van der Waals surface area contributed by atoms with E-state index in [2.05, 4.69) is 25.9 Å². The smallest absolute Gasteiger partial charge is 0.333 e. The second-order valence-electron chi connectivity index (χ2n) is 10.1. The van der Waals surface area contributed by atoms with Gasteiger partial charge >= 0.3 is 11.9 Å². The van der Waals surface area contributed by atoms with Crippen LogP contribution in [0, 0.1) is 19.8 Å². The van der Waals surface area contributed by atoms with E-state index in [1.807, 2.05) is 6.07 Å². The lowest BCUT2D eigenvalue weighted by atomic mass is 10.1. The van der Waals surface area contributed by atoms with Crippen LogP contribution in [-0.2, 0) is 25.5 Å². The Morgan fingerprint density at radius 1 is 0.953 bits per heavy atom. The van der Waals surface area contributed by atoms with E-state index < -0.39 is 42.0 Å². The van der Waals surface area contributed by atoms with Crippen LogP contribution in [0.3, 0.4) is 0 Å². The number of nitrogens with zero attached hydrogens (tertiary/aromatic N) is 2. The summed E-state index contributed by atoms with van der Waals surface area (Å²) in [6.07, 6.45) is 0.300. The number of amides is 2. The lowest BCUT2D eigenvalue weighted by molar-refractivity contribution is -0.187. The van der Waals surface area contributed by atoms with Gasteiger partial charge in [0.25, 0.3) is 11.8 Å². The number of esters is 2. The van der Waals surface area contributed by atoms with Crippen molar-refractivity contribution in [2.24, 2.45) is 5.92 Å². The van der Waals surface area contributed by atoms with Crippen LogP contribution in [0.25, 0.3) is 0 Å². The molecular weight excluding hydrogens is 574 g/mol. The number of phenolic OH excluding ortho intramolecular Hbond substituents is 1. The van der Waals surface area contributed by atoms with Crippen molar-refractivity contribution in [3.05, 3.63) is 69.2 Å².